The van der Waals surface area contributed by atoms with Crippen molar-refractivity contribution >= 4 is 12.1 Å². The minimum Gasteiger partial charge on any atom is -0.465 e. The highest BCUT2D eigenvalue weighted by molar-refractivity contribution is 5.89. The smallest absolute Gasteiger partial charge is 0.430 e. The maximum atomic E-state index is 13.0. The number of methoxy groups -OCH3 is 1. The monoisotopic (exact) mass is 467 g/mol. The molecule has 0 saturated heterocycles. The number of aliphatic hydroxyl groups is 1. The molecule has 0 bridgehead atoms. The predicted octanol–water partition coefficient (Wildman–Crippen LogP) is 4.15. The molecule has 0 radical (unpaired) electrons. The molecule has 32 heavy (non-hydrogen) atoms. The lowest BCUT2D eigenvalue weighted by Gasteiger charge is -2.35. The molecule has 1 aromatic rings. The van der Waals surface area contributed by atoms with E-state index in [9.17, 15) is 41.0 Å². The Morgan fingerprint density at radius 2 is 1.66 bits per heavy atom. The van der Waals surface area contributed by atoms with Crippen LogP contribution in [0.5, 0.6) is 0 Å². The number of alkyl halides is 6. The standard InChI is InChI=1S/C20H19F6NO5/c1-27(17(29)32-11-12-3-5-13(6-4-12)16(28)31-2)15-9-7-14(8-10-15)18(30,19(21,22)23)20(24,25)26/h3-9,15,30H,10-11H2,1-2H3. The molecule has 1 atom stereocenters. The van der Waals surface area contributed by atoms with Gasteiger partial charge in [-0.3, -0.25) is 0 Å². The van der Waals surface area contributed by atoms with Crippen LogP contribution in [0.3, 0.4) is 0 Å². The summed E-state index contributed by atoms with van der Waals surface area (Å²) in [4.78, 5) is 24.6. The van der Waals surface area contributed by atoms with Crippen LogP contribution in [0.1, 0.15) is 22.3 Å². The maximum absolute atomic E-state index is 13.0. The first-order chi connectivity index (χ1) is 14.7. The van der Waals surface area contributed by atoms with Crippen LogP contribution in [0.25, 0.3) is 0 Å². The second-order valence-electron chi connectivity index (χ2n) is 6.88. The number of carbonyl (C=O) groups excluding carboxylic acids is 2. The Morgan fingerprint density at radius 3 is 2.09 bits per heavy atom. The highest BCUT2D eigenvalue weighted by Crippen LogP contribution is 2.48. The van der Waals surface area contributed by atoms with E-state index in [2.05, 4.69) is 4.74 Å². The van der Waals surface area contributed by atoms with Crippen molar-refractivity contribution in [3.63, 3.8) is 0 Å². The van der Waals surface area contributed by atoms with E-state index in [0.29, 0.717) is 17.7 Å². The van der Waals surface area contributed by atoms with Crippen LogP contribution in [0, 0.1) is 0 Å². The van der Waals surface area contributed by atoms with E-state index in [1.165, 1.54) is 38.4 Å². The van der Waals surface area contributed by atoms with E-state index in [4.69, 9.17) is 4.74 Å². The van der Waals surface area contributed by atoms with Crippen molar-refractivity contribution in [3.8, 4) is 0 Å². The number of amides is 1. The summed E-state index contributed by atoms with van der Waals surface area (Å²) in [6.07, 6.45) is -11.2. The Hall–Kier alpha value is -3.02. The Balaban J connectivity index is 2.01. The Labute approximate surface area is 178 Å². The van der Waals surface area contributed by atoms with Crippen molar-refractivity contribution < 1.29 is 50.5 Å². The molecule has 1 N–H and O–H groups in total. The van der Waals surface area contributed by atoms with Gasteiger partial charge in [-0.1, -0.05) is 30.4 Å². The van der Waals surface area contributed by atoms with Crippen LogP contribution in [-0.2, 0) is 16.1 Å². The van der Waals surface area contributed by atoms with E-state index in [1.807, 2.05) is 0 Å². The van der Waals surface area contributed by atoms with Crippen molar-refractivity contribution in [1.82, 2.24) is 4.90 Å². The fourth-order valence-electron chi connectivity index (χ4n) is 2.89. The highest BCUT2D eigenvalue weighted by Gasteiger charge is 2.71. The topological polar surface area (TPSA) is 76.1 Å². The van der Waals surface area contributed by atoms with Gasteiger partial charge in [0.15, 0.2) is 0 Å². The molecule has 0 aromatic heterocycles. The van der Waals surface area contributed by atoms with Crippen molar-refractivity contribution in [2.75, 3.05) is 14.2 Å². The van der Waals surface area contributed by atoms with E-state index < -0.39 is 48.1 Å². The first-order valence-electron chi connectivity index (χ1n) is 9.04. The molecule has 0 spiro atoms. The quantitative estimate of drug-likeness (QED) is 0.520. The normalized spacial score (nSPS) is 16.9. The zero-order chi connectivity index (χ0) is 24.3. The van der Waals surface area contributed by atoms with Gasteiger partial charge in [-0.05, 0) is 29.7 Å². The molecule has 12 heteroatoms. The third-order valence-corrected chi connectivity index (χ3v) is 4.84. The van der Waals surface area contributed by atoms with Gasteiger partial charge < -0.3 is 19.5 Å². The van der Waals surface area contributed by atoms with Crippen LogP contribution in [0.2, 0.25) is 0 Å². The fourth-order valence-corrected chi connectivity index (χ4v) is 2.89. The summed E-state index contributed by atoms with van der Waals surface area (Å²) in [5.41, 5.74) is -5.58. The van der Waals surface area contributed by atoms with Gasteiger partial charge in [0.25, 0.3) is 5.60 Å². The van der Waals surface area contributed by atoms with Gasteiger partial charge in [0.1, 0.15) is 6.61 Å². The van der Waals surface area contributed by atoms with Crippen molar-refractivity contribution in [2.45, 2.75) is 37.0 Å². The predicted molar refractivity (Wildman–Crippen MR) is 98.4 cm³/mol. The molecule has 1 aromatic carbocycles. The van der Waals surface area contributed by atoms with Crippen molar-refractivity contribution in [3.05, 3.63) is 59.2 Å². The van der Waals surface area contributed by atoms with E-state index in [0.717, 1.165) is 11.0 Å². The molecule has 1 amide bonds. The first kappa shape index (κ1) is 25.2. The van der Waals surface area contributed by atoms with Crippen LogP contribution < -0.4 is 0 Å². The third kappa shape index (κ3) is 5.06. The van der Waals surface area contributed by atoms with Crippen molar-refractivity contribution in [2.24, 2.45) is 0 Å². The average Bonchev–Trinajstić information content (AvgIpc) is 2.74. The first-order valence-corrected chi connectivity index (χ1v) is 9.04. The zero-order valence-electron chi connectivity index (χ0n) is 16.8. The van der Waals surface area contributed by atoms with Gasteiger partial charge in [-0.2, -0.15) is 26.3 Å². The van der Waals surface area contributed by atoms with Gasteiger partial charge in [-0.15, -0.1) is 0 Å². The molecule has 0 heterocycles. The summed E-state index contributed by atoms with van der Waals surface area (Å²) in [6, 6.07) is 5.06. The number of rotatable bonds is 5. The number of ether oxygens (including phenoxy) is 2. The number of carbonyl (C=O) groups is 2. The van der Waals surface area contributed by atoms with E-state index in [1.54, 1.807) is 0 Å². The van der Waals surface area contributed by atoms with Gasteiger partial charge in [0.2, 0.25) is 0 Å². The Morgan fingerprint density at radius 1 is 1.09 bits per heavy atom. The number of likely N-dealkylation sites (N-methyl/N-ethyl adjacent to an activating group) is 1. The van der Waals surface area contributed by atoms with Crippen LogP contribution >= 0.6 is 0 Å². The second kappa shape index (κ2) is 9.23. The average molecular weight is 467 g/mol. The number of esters is 1. The third-order valence-electron chi connectivity index (χ3n) is 4.84. The molecule has 0 fully saturated rings. The fraction of sp³-hybridized carbons (Fsp3) is 0.400. The highest BCUT2D eigenvalue weighted by atomic mass is 19.4. The minimum atomic E-state index is -5.98. The summed E-state index contributed by atoms with van der Waals surface area (Å²) < 4.78 is 87.4. The molecule has 0 aliphatic heterocycles. The molecule has 2 rings (SSSR count). The Kier molecular flexibility index (Phi) is 7.28. The van der Waals surface area contributed by atoms with Crippen LogP contribution in [0.4, 0.5) is 31.1 Å². The van der Waals surface area contributed by atoms with E-state index >= 15 is 0 Å². The van der Waals surface area contributed by atoms with Gasteiger partial charge >= 0.3 is 24.4 Å². The largest absolute Gasteiger partial charge is 0.465 e. The van der Waals surface area contributed by atoms with Crippen LogP contribution in [-0.4, -0.2) is 60.2 Å². The molecule has 0 saturated carbocycles. The SMILES string of the molecule is COC(=O)c1ccc(COC(=O)N(C)C2C=CC(C(O)(C(F)(F)F)C(F)(F)F)=CC2)cc1. The summed E-state index contributed by atoms with van der Waals surface area (Å²) in [5, 5.41) is 9.42. The molecular formula is C20H19F6NO5. The van der Waals surface area contributed by atoms with E-state index in [-0.39, 0.29) is 12.2 Å². The molecule has 6 nitrogen and oxygen atoms in total. The van der Waals surface area contributed by atoms with Gasteiger partial charge in [0.05, 0.1) is 18.7 Å². The summed E-state index contributed by atoms with van der Waals surface area (Å²) in [5.74, 6) is -0.548. The Bertz CT molecular complexity index is 891. The number of halogens is 6. The minimum absolute atomic E-state index is 0.190. The summed E-state index contributed by atoms with van der Waals surface area (Å²) in [7, 11) is 2.48. The lowest BCUT2D eigenvalue weighted by Crippen LogP contribution is -2.58. The maximum Gasteiger partial charge on any atom is 0.430 e. The zero-order valence-corrected chi connectivity index (χ0v) is 16.8. The van der Waals surface area contributed by atoms with Crippen LogP contribution in [0.15, 0.2) is 48.1 Å². The van der Waals surface area contributed by atoms with Gasteiger partial charge in [0, 0.05) is 7.05 Å². The number of nitrogens with zero attached hydrogens (tertiary/aromatic N) is 1. The molecule has 1 aliphatic carbocycles. The number of benzene rings is 1. The molecule has 176 valence electrons. The van der Waals surface area contributed by atoms with Gasteiger partial charge in [-0.25, -0.2) is 9.59 Å². The lowest BCUT2D eigenvalue weighted by atomic mass is 9.87. The number of hydrogen-bond acceptors (Lipinski definition) is 5. The molecular weight excluding hydrogens is 448 g/mol. The van der Waals surface area contributed by atoms with Crippen molar-refractivity contribution in [1.29, 1.82) is 0 Å². The molecule has 1 unspecified atom stereocenters. The molecule has 1 aliphatic rings. The number of hydrogen-bond donors (Lipinski definition) is 1. The summed E-state index contributed by atoms with van der Waals surface area (Å²) >= 11 is 0. The summed E-state index contributed by atoms with van der Waals surface area (Å²) in [6.45, 7) is -0.190. The lowest BCUT2D eigenvalue weighted by molar-refractivity contribution is -0.351. The second-order valence-corrected chi connectivity index (χ2v) is 6.88.